The summed E-state index contributed by atoms with van der Waals surface area (Å²) >= 11 is 0. The minimum Gasteiger partial charge on any atom is -0.440 e. The molecule has 184 valence electrons. The van der Waals surface area contributed by atoms with Crippen molar-refractivity contribution in [2.75, 3.05) is 0 Å². The maximum atomic E-state index is 6.64. The summed E-state index contributed by atoms with van der Waals surface area (Å²) in [6, 6.07) is 24.4. The van der Waals surface area contributed by atoms with E-state index in [2.05, 4.69) is 66.7 Å². The van der Waals surface area contributed by atoms with E-state index in [1.807, 2.05) is 0 Å². The third kappa shape index (κ3) is 2.75. The van der Waals surface area contributed by atoms with Crippen LogP contribution in [0.2, 0.25) is 0 Å². The van der Waals surface area contributed by atoms with Crippen LogP contribution in [-0.2, 0) is 38.5 Å². The summed E-state index contributed by atoms with van der Waals surface area (Å²) < 4.78 is 13.2. The highest BCUT2D eigenvalue weighted by atomic mass is 16.5. The van der Waals surface area contributed by atoms with Gasteiger partial charge in [0.15, 0.2) is 0 Å². The second-order valence-corrected chi connectivity index (χ2v) is 11.5. The van der Waals surface area contributed by atoms with Crippen LogP contribution in [0.1, 0.15) is 33.4 Å². The molecule has 5 heteroatoms. The first-order valence-corrected chi connectivity index (χ1v) is 14.1. The number of hydrogen-bond acceptors (Lipinski definition) is 4. The van der Waals surface area contributed by atoms with Gasteiger partial charge in [0, 0.05) is 16.6 Å². The first-order valence-electron chi connectivity index (χ1n) is 14.1. The lowest BCUT2D eigenvalue weighted by Gasteiger charge is -2.36. The molecule has 5 aromatic rings. The van der Waals surface area contributed by atoms with E-state index < -0.39 is 0 Å². The molecule has 3 aliphatic carbocycles. The number of aromatic nitrogens is 2. The van der Waals surface area contributed by atoms with Crippen LogP contribution in [0, 0.1) is 0 Å². The van der Waals surface area contributed by atoms with Gasteiger partial charge in [0.05, 0.1) is 11.4 Å². The van der Waals surface area contributed by atoms with Crippen molar-refractivity contribution in [2.45, 2.75) is 38.5 Å². The Morgan fingerprint density at radius 2 is 1.13 bits per heavy atom. The predicted octanol–water partition coefficient (Wildman–Crippen LogP) is 4.83. The number of fused-ring (bicyclic) bond motifs is 8. The number of rotatable bonds is 2. The van der Waals surface area contributed by atoms with E-state index in [1.165, 1.54) is 46.2 Å². The van der Waals surface area contributed by atoms with Crippen molar-refractivity contribution in [1.82, 2.24) is 9.97 Å². The van der Waals surface area contributed by atoms with Gasteiger partial charge in [-0.2, -0.15) is 0 Å². The molecule has 10 rings (SSSR count). The fourth-order valence-electron chi connectivity index (χ4n) is 7.01. The molecular weight excluding hydrogens is 479 g/mol. The van der Waals surface area contributed by atoms with Crippen LogP contribution < -0.4 is 25.9 Å². The molecule has 3 aromatic carbocycles. The molecule has 0 unspecified atom stereocenters. The quantitative estimate of drug-likeness (QED) is 0.318. The zero-order valence-corrected chi connectivity index (χ0v) is 21.4. The molecular formula is C34H23BN2O2. The third-order valence-corrected chi connectivity index (χ3v) is 9.55. The highest BCUT2D eigenvalue weighted by Crippen LogP contribution is 2.42. The van der Waals surface area contributed by atoms with Crippen LogP contribution in [0.3, 0.4) is 0 Å². The second-order valence-electron chi connectivity index (χ2n) is 11.5. The lowest BCUT2D eigenvalue weighted by atomic mass is 9.35. The van der Waals surface area contributed by atoms with Crippen molar-refractivity contribution in [3.8, 4) is 45.8 Å². The molecule has 0 atom stereocenters. The first kappa shape index (κ1) is 20.6. The van der Waals surface area contributed by atoms with Crippen molar-refractivity contribution in [3.05, 3.63) is 100 Å². The van der Waals surface area contributed by atoms with Crippen LogP contribution in [0.25, 0.3) is 22.5 Å². The summed E-state index contributed by atoms with van der Waals surface area (Å²) in [5, 5.41) is 0. The Morgan fingerprint density at radius 3 is 1.67 bits per heavy atom. The Kier molecular flexibility index (Phi) is 3.78. The van der Waals surface area contributed by atoms with Gasteiger partial charge in [0.2, 0.25) is 11.8 Å². The molecule has 0 N–H and O–H groups in total. The highest BCUT2D eigenvalue weighted by molar-refractivity contribution is 6.98. The Labute approximate surface area is 226 Å². The smallest absolute Gasteiger partial charge is 0.265 e. The minimum absolute atomic E-state index is 0.00913. The van der Waals surface area contributed by atoms with Crippen LogP contribution in [0.15, 0.2) is 66.7 Å². The molecule has 0 spiro atoms. The Hall–Kier alpha value is -4.38. The summed E-state index contributed by atoms with van der Waals surface area (Å²) in [5.41, 5.74) is 15.9. The summed E-state index contributed by atoms with van der Waals surface area (Å²) in [4.78, 5) is 10.2. The average Bonchev–Trinajstić information content (AvgIpc) is 2.91. The van der Waals surface area contributed by atoms with Crippen LogP contribution in [0.5, 0.6) is 23.3 Å². The number of benzene rings is 3. The van der Waals surface area contributed by atoms with Gasteiger partial charge in [0.1, 0.15) is 11.5 Å². The summed E-state index contributed by atoms with van der Waals surface area (Å²) in [6.07, 6.45) is 6.78. The van der Waals surface area contributed by atoms with Crippen molar-refractivity contribution < 1.29 is 9.47 Å². The topological polar surface area (TPSA) is 44.2 Å². The predicted molar refractivity (Wildman–Crippen MR) is 153 cm³/mol. The highest BCUT2D eigenvalue weighted by Gasteiger charge is 2.44. The molecule has 0 saturated heterocycles. The van der Waals surface area contributed by atoms with Gasteiger partial charge in [-0.1, -0.05) is 36.4 Å². The standard InChI is InChI=1S/C34H23BN2O2/c1-5-20-15-23(7-3-18(1)20)28-13-11-26-33(36-28)38-30-17-22-9-10-25(22)32-31(30)35(26)27-12-14-29(37-34(27)39-32)24-8-4-19-2-6-21(19)16-24/h3-4,7-8,11-17H,1-2,5-6,9-10H2. The Bertz CT molecular complexity index is 1930. The van der Waals surface area contributed by atoms with E-state index in [1.54, 1.807) is 0 Å². The zero-order chi connectivity index (χ0) is 25.2. The molecule has 0 bridgehead atoms. The van der Waals surface area contributed by atoms with E-state index in [-0.39, 0.29) is 6.71 Å². The van der Waals surface area contributed by atoms with Gasteiger partial charge in [-0.15, -0.1) is 0 Å². The first-order chi connectivity index (χ1) is 19.3. The normalized spacial score (nSPS) is 15.9. The van der Waals surface area contributed by atoms with Gasteiger partial charge in [0.25, 0.3) is 6.71 Å². The van der Waals surface area contributed by atoms with Crippen molar-refractivity contribution in [1.29, 1.82) is 0 Å². The molecule has 0 radical (unpaired) electrons. The van der Waals surface area contributed by atoms with E-state index in [0.717, 1.165) is 76.1 Å². The SMILES string of the molecule is c1cc2c(cc1-c1ccc3c(n1)Oc1cc4c(c5c1B3c1ccc(-c3ccc6c(c3)CC6)nc1O5)CC4)CC2. The van der Waals surface area contributed by atoms with Crippen LogP contribution >= 0.6 is 0 Å². The van der Waals surface area contributed by atoms with Crippen molar-refractivity contribution in [3.63, 3.8) is 0 Å². The second kappa shape index (κ2) is 7.18. The lowest BCUT2D eigenvalue weighted by molar-refractivity contribution is 0.437. The van der Waals surface area contributed by atoms with Gasteiger partial charge >= 0.3 is 0 Å². The largest absolute Gasteiger partial charge is 0.440 e. The minimum atomic E-state index is -0.00913. The van der Waals surface area contributed by atoms with Gasteiger partial charge < -0.3 is 9.47 Å². The molecule has 39 heavy (non-hydrogen) atoms. The number of ether oxygens (including phenoxy) is 2. The van der Waals surface area contributed by atoms with Crippen LogP contribution in [-0.4, -0.2) is 16.7 Å². The fourth-order valence-corrected chi connectivity index (χ4v) is 7.01. The Balaban J connectivity index is 1.14. The lowest BCUT2D eigenvalue weighted by Crippen LogP contribution is -2.58. The van der Waals surface area contributed by atoms with Crippen LogP contribution in [0.4, 0.5) is 0 Å². The van der Waals surface area contributed by atoms with Crippen molar-refractivity contribution >= 4 is 23.1 Å². The molecule has 4 heterocycles. The van der Waals surface area contributed by atoms with Gasteiger partial charge in [-0.05, 0) is 113 Å². The molecule has 2 aliphatic heterocycles. The number of nitrogens with zero attached hydrogens (tertiary/aromatic N) is 2. The van der Waals surface area contributed by atoms with E-state index in [9.17, 15) is 0 Å². The van der Waals surface area contributed by atoms with E-state index in [0.29, 0.717) is 11.8 Å². The van der Waals surface area contributed by atoms with Crippen molar-refractivity contribution in [2.24, 2.45) is 0 Å². The number of hydrogen-bond donors (Lipinski definition) is 0. The van der Waals surface area contributed by atoms with E-state index in [4.69, 9.17) is 19.4 Å². The number of aryl methyl sites for hydroxylation is 5. The average molecular weight is 502 g/mol. The maximum Gasteiger partial charge on any atom is 0.265 e. The van der Waals surface area contributed by atoms with E-state index >= 15 is 0 Å². The molecule has 0 saturated carbocycles. The molecule has 2 aromatic heterocycles. The summed E-state index contributed by atoms with van der Waals surface area (Å²) in [7, 11) is 0. The van der Waals surface area contributed by atoms with Gasteiger partial charge in [-0.3, -0.25) is 0 Å². The summed E-state index contributed by atoms with van der Waals surface area (Å²) in [6.45, 7) is -0.00913. The third-order valence-electron chi connectivity index (χ3n) is 9.55. The molecule has 5 aliphatic rings. The summed E-state index contributed by atoms with van der Waals surface area (Å²) in [5.74, 6) is 3.22. The Morgan fingerprint density at radius 1 is 0.538 bits per heavy atom. The zero-order valence-electron chi connectivity index (χ0n) is 21.4. The maximum absolute atomic E-state index is 6.64. The molecule has 0 fully saturated rings. The fraction of sp³-hybridized carbons (Fsp3) is 0.176. The molecule has 4 nitrogen and oxygen atoms in total. The monoisotopic (exact) mass is 502 g/mol. The van der Waals surface area contributed by atoms with Gasteiger partial charge in [-0.25, -0.2) is 9.97 Å². The number of pyridine rings is 2. The molecule has 0 amide bonds.